The number of amides is 1. The van der Waals surface area contributed by atoms with Gasteiger partial charge in [0.15, 0.2) is 0 Å². The number of anilines is 2. The molecule has 4 nitrogen and oxygen atoms in total. The topological polar surface area (TPSA) is 81.1 Å². The predicted octanol–water partition coefficient (Wildman–Crippen LogP) is 2.26. The van der Waals surface area contributed by atoms with Crippen molar-refractivity contribution < 1.29 is 4.79 Å². The molecule has 0 unspecified atom stereocenters. The Balaban J connectivity index is 2.00. The molecule has 4 heteroatoms. The van der Waals surface area contributed by atoms with E-state index in [-0.39, 0.29) is 16.7 Å². The normalized spacial score (nSPS) is 20.0. The molecule has 1 aliphatic rings. The zero-order valence-corrected chi connectivity index (χ0v) is 12.1. The van der Waals surface area contributed by atoms with Crippen LogP contribution in [0.15, 0.2) is 18.2 Å². The second kappa shape index (κ2) is 4.15. The Kier molecular flexibility index (Phi) is 3.00. The highest BCUT2D eigenvalue weighted by Crippen LogP contribution is 2.67. The maximum Gasteiger partial charge on any atom is 0.251 e. The first kappa shape index (κ1) is 13.7. The molecule has 1 amide bonds. The predicted molar refractivity (Wildman–Crippen MR) is 78.7 cm³/mol. The second-order valence-electron chi connectivity index (χ2n) is 6.59. The second-order valence-corrected chi connectivity index (χ2v) is 6.59. The zero-order valence-electron chi connectivity index (χ0n) is 12.1. The van der Waals surface area contributed by atoms with Crippen molar-refractivity contribution in [1.29, 1.82) is 0 Å². The van der Waals surface area contributed by atoms with Crippen LogP contribution in [0.1, 0.15) is 38.1 Å². The number of hydrogen-bond donors (Lipinski definition) is 3. The Morgan fingerprint density at radius 3 is 2.00 bits per heavy atom. The van der Waals surface area contributed by atoms with Crippen LogP contribution in [-0.2, 0) is 0 Å². The van der Waals surface area contributed by atoms with Crippen molar-refractivity contribution in [2.24, 2.45) is 16.7 Å². The number of nitrogen functional groups attached to an aromatic ring is 2. The minimum Gasteiger partial charge on any atom is -0.399 e. The van der Waals surface area contributed by atoms with Crippen molar-refractivity contribution >= 4 is 17.3 Å². The van der Waals surface area contributed by atoms with Gasteiger partial charge in [0.25, 0.3) is 5.91 Å². The van der Waals surface area contributed by atoms with E-state index in [1.54, 1.807) is 18.2 Å². The summed E-state index contributed by atoms with van der Waals surface area (Å²) >= 11 is 0. The molecule has 0 heterocycles. The van der Waals surface area contributed by atoms with Crippen LogP contribution >= 0.6 is 0 Å². The van der Waals surface area contributed by atoms with Crippen molar-refractivity contribution in [2.45, 2.75) is 27.7 Å². The third-order valence-corrected chi connectivity index (χ3v) is 5.03. The molecule has 0 radical (unpaired) electrons. The van der Waals surface area contributed by atoms with Crippen LogP contribution in [-0.4, -0.2) is 12.5 Å². The van der Waals surface area contributed by atoms with Crippen LogP contribution in [0.5, 0.6) is 0 Å². The molecule has 1 fully saturated rings. The summed E-state index contributed by atoms with van der Waals surface area (Å²) < 4.78 is 0. The van der Waals surface area contributed by atoms with Gasteiger partial charge in [0.1, 0.15) is 0 Å². The summed E-state index contributed by atoms with van der Waals surface area (Å²) in [6, 6.07) is 4.94. The Morgan fingerprint density at radius 1 is 1.11 bits per heavy atom. The summed E-state index contributed by atoms with van der Waals surface area (Å²) in [5.41, 5.74) is 13.5. The summed E-state index contributed by atoms with van der Waals surface area (Å²) in [6.07, 6.45) is 0. The molecule has 0 atom stereocenters. The summed E-state index contributed by atoms with van der Waals surface area (Å²) in [5.74, 6) is 0.389. The van der Waals surface area contributed by atoms with Gasteiger partial charge in [-0.3, -0.25) is 4.79 Å². The van der Waals surface area contributed by atoms with Crippen molar-refractivity contribution in [1.82, 2.24) is 5.32 Å². The number of nitrogens with two attached hydrogens (primary N) is 2. The van der Waals surface area contributed by atoms with Crippen LogP contribution in [0.25, 0.3) is 0 Å². The number of hydrogen-bond acceptors (Lipinski definition) is 3. The molecule has 0 spiro atoms. The standard InChI is InChI=1S/C15H23N3O/c1-14(2)12(15(14,3)4)8-18-13(19)9-5-10(16)7-11(17)6-9/h5-7,12H,8,16-17H2,1-4H3,(H,18,19). The molecule has 1 aliphatic carbocycles. The fraction of sp³-hybridized carbons (Fsp3) is 0.533. The van der Waals surface area contributed by atoms with Gasteiger partial charge in [-0.25, -0.2) is 0 Å². The molecule has 1 aromatic rings. The fourth-order valence-electron chi connectivity index (χ4n) is 2.95. The average Bonchev–Trinajstić information content (AvgIpc) is 2.65. The molecule has 5 N–H and O–H groups in total. The molecule has 0 bridgehead atoms. The van der Waals surface area contributed by atoms with E-state index in [1.807, 2.05) is 0 Å². The summed E-state index contributed by atoms with van der Waals surface area (Å²) in [6.45, 7) is 9.64. The van der Waals surface area contributed by atoms with E-state index in [9.17, 15) is 4.79 Å². The highest BCUT2D eigenvalue weighted by atomic mass is 16.1. The molecule has 1 aromatic carbocycles. The molecule has 1 saturated carbocycles. The summed E-state index contributed by atoms with van der Waals surface area (Å²) in [7, 11) is 0. The molecule has 19 heavy (non-hydrogen) atoms. The molecular formula is C15H23N3O. The highest BCUT2D eigenvalue weighted by Gasteiger charge is 2.64. The maximum atomic E-state index is 12.1. The van der Waals surface area contributed by atoms with Crippen LogP contribution < -0.4 is 16.8 Å². The Labute approximate surface area is 114 Å². The summed E-state index contributed by atoms with van der Waals surface area (Å²) in [4.78, 5) is 12.1. The fourth-order valence-corrected chi connectivity index (χ4v) is 2.95. The van der Waals surface area contributed by atoms with Gasteiger partial charge in [-0.05, 0) is 34.9 Å². The van der Waals surface area contributed by atoms with E-state index < -0.39 is 0 Å². The van der Waals surface area contributed by atoms with E-state index in [0.29, 0.717) is 29.4 Å². The van der Waals surface area contributed by atoms with Gasteiger partial charge in [-0.15, -0.1) is 0 Å². The van der Waals surface area contributed by atoms with E-state index >= 15 is 0 Å². The number of benzene rings is 1. The van der Waals surface area contributed by atoms with Gasteiger partial charge >= 0.3 is 0 Å². The Morgan fingerprint density at radius 2 is 1.58 bits per heavy atom. The van der Waals surface area contributed by atoms with Gasteiger partial charge in [0, 0.05) is 23.5 Å². The van der Waals surface area contributed by atoms with Gasteiger partial charge in [-0.1, -0.05) is 27.7 Å². The third kappa shape index (κ3) is 2.27. The van der Waals surface area contributed by atoms with Gasteiger partial charge in [0.2, 0.25) is 0 Å². The average molecular weight is 261 g/mol. The molecule has 0 aliphatic heterocycles. The number of carbonyl (C=O) groups is 1. The van der Waals surface area contributed by atoms with Crippen LogP contribution in [0, 0.1) is 16.7 Å². The maximum absolute atomic E-state index is 12.1. The Hall–Kier alpha value is -1.71. The number of nitrogens with one attached hydrogen (secondary N) is 1. The van der Waals surface area contributed by atoms with Gasteiger partial charge < -0.3 is 16.8 Å². The lowest BCUT2D eigenvalue weighted by molar-refractivity contribution is 0.0950. The first-order chi connectivity index (χ1) is 8.66. The SMILES string of the molecule is CC1(C)C(CNC(=O)c2cc(N)cc(N)c2)C1(C)C. The summed E-state index contributed by atoms with van der Waals surface area (Å²) in [5, 5.41) is 2.98. The lowest BCUT2D eigenvalue weighted by atomic mass is 10.0. The van der Waals surface area contributed by atoms with E-state index in [1.165, 1.54) is 0 Å². The van der Waals surface area contributed by atoms with Crippen molar-refractivity contribution in [3.63, 3.8) is 0 Å². The molecule has 0 saturated heterocycles. The Bertz CT molecular complexity index is 486. The van der Waals surface area contributed by atoms with E-state index in [2.05, 4.69) is 33.0 Å². The first-order valence-corrected chi connectivity index (χ1v) is 6.60. The monoisotopic (exact) mass is 261 g/mol. The van der Waals surface area contributed by atoms with Crippen LogP contribution in [0.4, 0.5) is 11.4 Å². The van der Waals surface area contributed by atoms with Crippen molar-refractivity contribution in [2.75, 3.05) is 18.0 Å². The van der Waals surface area contributed by atoms with Crippen molar-refractivity contribution in [3.8, 4) is 0 Å². The molecule has 104 valence electrons. The minimum absolute atomic E-state index is 0.113. The van der Waals surface area contributed by atoms with Gasteiger partial charge in [-0.2, -0.15) is 0 Å². The quantitative estimate of drug-likeness (QED) is 0.730. The lowest BCUT2D eigenvalue weighted by Crippen LogP contribution is -2.27. The highest BCUT2D eigenvalue weighted by molar-refractivity contribution is 5.96. The lowest BCUT2D eigenvalue weighted by Gasteiger charge is -2.08. The first-order valence-electron chi connectivity index (χ1n) is 6.60. The van der Waals surface area contributed by atoms with E-state index in [0.717, 1.165) is 0 Å². The van der Waals surface area contributed by atoms with Gasteiger partial charge in [0.05, 0.1) is 0 Å². The van der Waals surface area contributed by atoms with E-state index in [4.69, 9.17) is 11.5 Å². The largest absolute Gasteiger partial charge is 0.399 e. The number of rotatable bonds is 3. The third-order valence-electron chi connectivity index (χ3n) is 5.03. The molecule has 2 rings (SSSR count). The van der Waals surface area contributed by atoms with Crippen LogP contribution in [0.3, 0.4) is 0 Å². The number of carbonyl (C=O) groups excluding carboxylic acids is 1. The minimum atomic E-state index is -0.113. The van der Waals surface area contributed by atoms with Crippen LogP contribution in [0.2, 0.25) is 0 Å². The van der Waals surface area contributed by atoms with Crippen molar-refractivity contribution in [3.05, 3.63) is 23.8 Å². The zero-order chi connectivity index (χ0) is 14.4. The smallest absolute Gasteiger partial charge is 0.251 e. The molecule has 0 aromatic heterocycles. The molecular weight excluding hydrogens is 238 g/mol.